The lowest BCUT2D eigenvalue weighted by atomic mass is 10.1. The molecule has 0 saturated heterocycles. The van der Waals surface area contributed by atoms with Crippen molar-refractivity contribution < 1.29 is 14.6 Å². The topological polar surface area (TPSA) is 64.2 Å². The van der Waals surface area contributed by atoms with E-state index >= 15 is 0 Å². The molecular weight excluding hydrogens is 194 g/mol. The van der Waals surface area contributed by atoms with Crippen LogP contribution >= 0.6 is 0 Å². The van der Waals surface area contributed by atoms with Crippen LogP contribution in [0.15, 0.2) is 30.5 Å². The second kappa shape index (κ2) is 3.24. The molecule has 15 heavy (non-hydrogen) atoms. The zero-order chi connectivity index (χ0) is 11.0. The van der Waals surface area contributed by atoms with Gasteiger partial charge in [0, 0.05) is 6.07 Å². The van der Waals surface area contributed by atoms with Crippen LogP contribution in [-0.2, 0) is 0 Å². The summed E-state index contributed by atoms with van der Waals surface area (Å²) in [6.45, 7) is 1.70. The Labute approximate surface area is 86.0 Å². The number of hydrogen-bond donors (Lipinski definition) is 1. The van der Waals surface area contributed by atoms with Crippen molar-refractivity contribution in [1.82, 2.24) is 0 Å². The van der Waals surface area contributed by atoms with Gasteiger partial charge in [-0.15, -0.1) is 0 Å². The molecule has 0 radical (unpaired) electrons. The van der Waals surface area contributed by atoms with E-state index in [1.54, 1.807) is 31.2 Å². The molecule has 1 aromatic carbocycles. The Bertz CT molecular complexity index is 549. The summed E-state index contributed by atoms with van der Waals surface area (Å²) in [5.41, 5.74) is 1.15. The smallest absolute Gasteiger partial charge is 0.342 e. The first-order valence-electron chi connectivity index (χ1n) is 4.46. The Morgan fingerprint density at radius 2 is 2.07 bits per heavy atom. The Hall–Kier alpha value is -2.10. The quantitative estimate of drug-likeness (QED) is 0.564. The standard InChI is InChI=1S/C11H9NO3/c1-7-8-4-2-3-5-10(8)12(15)6-9(7)11(13)14/h2-6H,1H3,(H,13,14). The zero-order valence-electron chi connectivity index (χ0n) is 8.10. The number of para-hydroxylation sites is 1. The molecule has 1 aromatic heterocycles. The van der Waals surface area contributed by atoms with Gasteiger partial charge in [0.2, 0.25) is 5.52 Å². The number of aromatic nitrogens is 1. The number of hydrogen-bond acceptors (Lipinski definition) is 2. The first-order valence-corrected chi connectivity index (χ1v) is 4.46. The normalized spacial score (nSPS) is 10.5. The van der Waals surface area contributed by atoms with Gasteiger partial charge in [0.1, 0.15) is 5.56 Å². The van der Waals surface area contributed by atoms with Crippen LogP contribution in [0, 0.1) is 12.1 Å². The number of carbonyl (C=O) groups is 1. The van der Waals surface area contributed by atoms with Crippen molar-refractivity contribution in [1.29, 1.82) is 0 Å². The van der Waals surface area contributed by atoms with Gasteiger partial charge in [-0.2, -0.15) is 4.73 Å². The molecule has 0 aliphatic carbocycles. The van der Waals surface area contributed by atoms with E-state index in [-0.39, 0.29) is 5.56 Å². The number of rotatable bonds is 1. The lowest BCUT2D eigenvalue weighted by molar-refractivity contribution is -0.577. The summed E-state index contributed by atoms with van der Waals surface area (Å²) in [7, 11) is 0. The van der Waals surface area contributed by atoms with E-state index in [1.165, 1.54) is 0 Å². The van der Waals surface area contributed by atoms with E-state index in [0.29, 0.717) is 21.2 Å². The van der Waals surface area contributed by atoms with Gasteiger partial charge in [-0.05, 0) is 18.6 Å². The highest BCUT2D eigenvalue weighted by molar-refractivity contribution is 5.94. The SMILES string of the molecule is Cc1c(C(=O)O)c[n+]([O-])c2ccccc12. The van der Waals surface area contributed by atoms with Crippen LogP contribution in [0.1, 0.15) is 15.9 Å². The number of benzene rings is 1. The molecule has 1 heterocycles. The molecule has 0 spiro atoms. The fourth-order valence-corrected chi connectivity index (χ4v) is 1.63. The fraction of sp³-hybridized carbons (Fsp3) is 0.0909. The van der Waals surface area contributed by atoms with Crippen LogP contribution in [0.4, 0.5) is 0 Å². The van der Waals surface area contributed by atoms with Crippen LogP contribution in [-0.4, -0.2) is 11.1 Å². The van der Waals surface area contributed by atoms with Crippen molar-refractivity contribution >= 4 is 16.9 Å². The van der Waals surface area contributed by atoms with Gasteiger partial charge in [-0.3, -0.25) is 0 Å². The van der Waals surface area contributed by atoms with E-state index < -0.39 is 5.97 Å². The molecule has 4 nitrogen and oxygen atoms in total. The summed E-state index contributed by atoms with van der Waals surface area (Å²) < 4.78 is 0.589. The van der Waals surface area contributed by atoms with Crippen molar-refractivity contribution in [3.05, 3.63) is 46.8 Å². The van der Waals surface area contributed by atoms with Crippen molar-refractivity contribution in [2.24, 2.45) is 0 Å². The molecule has 0 fully saturated rings. The third-order valence-electron chi connectivity index (χ3n) is 2.43. The third kappa shape index (κ3) is 1.40. The molecule has 0 aliphatic heterocycles. The van der Waals surface area contributed by atoms with E-state index in [1.807, 2.05) is 0 Å². The average Bonchev–Trinajstić information content (AvgIpc) is 2.23. The maximum Gasteiger partial charge on any atom is 0.342 e. The number of carboxylic acids is 1. The molecule has 0 unspecified atom stereocenters. The number of carboxylic acid groups (broad SMARTS) is 1. The number of pyridine rings is 1. The van der Waals surface area contributed by atoms with Gasteiger partial charge in [-0.1, -0.05) is 12.1 Å². The highest BCUT2D eigenvalue weighted by atomic mass is 16.5. The van der Waals surface area contributed by atoms with Gasteiger partial charge in [0.15, 0.2) is 6.20 Å². The Morgan fingerprint density at radius 1 is 1.40 bits per heavy atom. The van der Waals surface area contributed by atoms with Crippen molar-refractivity contribution in [3.63, 3.8) is 0 Å². The highest BCUT2D eigenvalue weighted by Gasteiger charge is 2.16. The van der Waals surface area contributed by atoms with Crippen LogP contribution in [0.3, 0.4) is 0 Å². The molecule has 2 aromatic rings. The van der Waals surface area contributed by atoms with Crippen LogP contribution in [0.2, 0.25) is 0 Å². The minimum absolute atomic E-state index is 0.0451. The molecule has 76 valence electrons. The highest BCUT2D eigenvalue weighted by Crippen LogP contribution is 2.17. The summed E-state index contributed by atoms with van der Waals surface area (Å²) in [6.07, 6.45) is 1.10. The van der Waals surface area contributed by atoms with E-state index in [4.69, 9.17) is 5.11 Å². The summed E-state index contributed by atoms with van der Waals surface area (Å²) in [4.78, 5) is 10.9. The fourth-order valence-electron chi connectivity index (χ4n) is 1.63. The largest absolute Gasteiger partial charge is 0.618 e. The number of aromatic carboxylic acids is 1. The molecule has 0 bridgehead atoms. The average molecular weight is 203 g/mol. The summed E-state index contributed by atoms with van der Waals surface area (Å²) in [6, 6.07) is 6.93. The van der Waals surface area contributed by atoms with Gasteiger partial charge < -0.3 is 10.3 Å². The molecule has 0 saturated carbocycles. The van der Waals surface area contributed by atoms with Crippen LogP contribution in [0.25, 0.3) is 10.9 Å². The van der Waals surface area contributed by atoms with Crippen molar-refractivity contribution in [2.45, 2.75) is 6.92 Å². The van der Waals surface area contributed by atoms with Crippen molar-refractivity contribution in [2.75, 3.05) is 0 Å². The molecule has 2 rings (SSSR count). The predicted molar refractivity (Wildman–Crippen MR) is 54.6 cm³/mol. The maximum atomic E-state index is 11.5. The summed E-state index contributed by atoms with van der Waals surface area (Å²) in [5.74, 6) is -1.08. The first-order chi connectivity index (χ1) is 7.11. The molecule has 0 amide bonds. The first kappa shape index (κ1) is 9.45. The molecular formula is C11H9NO3. The summed E-state index contributed by atoms with van der Waals surface area (Å²) >= 11 is 0. The van der Waals surface area contributed by atoms with Gasteiger partial charge >= 0.3 is 5.97 Å². The Kier molecular flexibility index (Phi) is 2.04. The second-order valence-corrected chi connectivity index (χ2v) is 3.32. The van der Waals surface area contributed by atoms with Crippen LogP contribution < -0.4 is 4.73 Å². The minimum atomic E-state index is -1.08. The molecule has 4 heteroatoms. The van der Waals surface area contributed by atoms with Gasteiger partial charge in [0.25, 0.3) is 0 Å². The van der Waals surface area contributed by atoms with Gasteiger partial charge in [0.05, 0.1) is 5.39 Å². The summed E-state index contributed by atoms with van der Waals surface area (Å²) in [5, 5.41) is 21.1. The number of nitrogens with zero attached hydrogens (tertiary/aromatic N) is 1. The lowest BCUT2D eigenvalue weighted by Gasteiger charge is -2.06. The second-order valence-electron chi connectivity index (χ2n) is 3.32. The number of fused-ring (bicyclic) bond motifs is 1. The zero-order valence-corrected chi connectivity index (χ0v) is 8.10. The van der Waals surface area contributed by atoms with Gasteiger partial charge in [-0.25, -0.2) is 4.79 Å². The predicted octanol–water partition coefficient (Wildman–Crippen LogP) is 1.48. The number of aryl methyl sites for hydroxylation is 1. The van der Waals surface area contributed by atoms with Crippen molar-refractivity contribution in [3.8, 4) is 0 Å². The molecule has 0 atom stereocenters. The third-order valence-corrected chi connectivity index (χ3v) is 2.43. The Balaban J connectivity index is 2.90. The van der Waals surface area contributed by atoms with E-state index in [2.05, 4.69) is 0 Å². The maximum absolute atomic E-state index is 11.5. The minimum Gasteiger partial charge on any atom is -0.618 e. The monoisotopic (exact) mass is 203 g/mol. The van der Waals surface area contributed by atoms with Crippen LogP contribution in [0.5, 0.6) is 0 Å². The Morgan fingerprint density at radius 3 is 2.73 bits per heavy atom. The van der Waals surface area contributed by atoms with E-state index in [0.717, 1.165) is 6.20 Å². The van der Waals surface area contributed by atoms with E-state index in [9.17, 15) is 10.0 Å². The molecule has 1 N–H and O–H groups in total. The lowest BCUT2D eigenvalue weighted by Crippen LogP contribution is -2.28. The molecule has 0 aliphatic rings.